The first-order valence-electron chi connectivity index (χ1n) is 7.53. The van der Waals surface area contributed by atoms with Gasteiger partial charge in [0.1, 0.15) is 16.5 Å². The summed E-state index contributed by atoms with van der Waals surface area (Å²) in [6, 6.07) is 1.25. The van der Waals surface area contributed by atoms with Crippen molar-refractivity contribution in [2.45, 2.75) is 44.1 Å². The molecule has 0 radical (unpaired) electrons. The number of H-pyrrole nitrogens is 1. The Morgan fingerprint density at radius 1 is 1.27 bits per heavy atom. The summed E-state index contributed by atoms with van der Waals surface area (Å²) in [7, 11) is 0. The maximum absolute atomic E-state index is 12.2. The first-order chi connectivity index (χ1) is 10.7. The summed E-state index contributed by atoms with van der Waals surface area (Å²) in [4.78, 5) is 35.3. The van der Waals surface area contributed by atoms with Crippen molar-refractivity contribution in [1.82, 2.24) is 20.3 Å². The number of aromatic amines is 1. The number of thiazole rings is 1. The highest BCUT2D eigenvalue weighted by atomic mass is 32.1. The number of amides is 1. The minimum atomic E-state index is -0.323. The van der Waals surface area contributed by atoms with Gasteiger partial charge in [-0.05, 0) is 25.7 Å². The van der Waals surface area contributed by atoms with Crippen LogP contribution in [0.2, 0.25) is 0 Å². The van der Waals surface area contributed by atoms with Gasteiger partial charge in [0.2, 0.25) is 0 Å². The van der Waals surface area contributed by atoms with Gasteiger partial charge in [-0.3, -0.25) is 9.59 Å². The van der Waals surface area contributed by atoms with Crippen LogP contribution in [0.5, 0.6) is 0 Å². The molecule has 0 aromatic carbocycles. The molecule has 0 unspecified atom stereocenters. The maximum atomic E-state index is 12.2. The predicted molar refractivity (Wildman–Crippen MR) is 82.1 cm³/mol. The lowest BCUT2D eigenvalue weighted by Gasteiger charge is -2.04. The molecule has 114 valence electrons. The van der Waals surface area contributed by atoms with Gasteiger partial charge in [-0.25, -0.2) is 9.97 Å². The predicted octanol–water partition coefficient (Wildman–Crippen LogP) is 1.91. The van der Waals surface area contributed by atoms with Crippen molar-refractivity contribution in [1.29, 1.82) is 0 Å². The van der Waals surface area contributed by atoms with Crippen molar-refractivity contribution in [3.8, 4) is 0 Å². The second kappa shape index (κ2) is 5.31. The Morgan fingerprint density at radius 3 is 2.77 bits per heavy atom. The van der Waals surface area contributed by atoms with Crippen LogP contribution in [0, 0.1) is 0 Å². The van der Waals surface area contributed by atoms with E-state index in [1.807, 2.05) is 0 Å². The van der Waals surface area contributed by atoms with E-state index in [-0.39, 0.29) is 17.2 Å². The summed E-state index contributed by atoms with van der Waals surface area (Å²) in [5, 5.41) is 5.75. The first kappa shape index (κ1) is 13.6. The lowest BCUT2D eigenvalue weighted by molar-refractivity contribution is 0.0945. The summed E-state index contributed by atoms with van der Waals surface area (Å²) in [6.45, 7) is 0.378. The molecular weight excluding hydrogens is 300 g/mol. The molecule has 4 rings (SSSR count). The van der Waals surface area contributed by atoms with Gasteiger partial charge in [0, 0.05) is 23.3 Å². The van der Waals surface area contributed by atoms with Crippen LogP contribution in [-0.4, -0.2) is 20.9 Å². The average molecular weight is 316 g/mol. The standard InChI is InChI=1S/C15H16N4O2S/c20-12-5-10(18-14(19-12)9-3-4-9)15(21)16-6-13-17-11(7-22-13)8-1-2-8/h5,7-9H,1-4,6H2,(H,16,21)(H,18,19,20). The third-order valence-electron chi connectivity index (χ3n) is 3.92. The van der Waals surface area contributed by atoms with Crippen LogP contribution in [0.1, 0.15) is 64.5 Å². The highest BCUT2D eigenvalue weighted by Crippen LogP contribution is 2.40. The van der Waals surface area contributed by atoms with E-state index in [9.17, 15) is 9.59 Å². The Kier molecular flexibility index (Phi) is 3.29. The van der Waals surface area contributed by atoms with E-state index >= 15 is 0 Å². The highest BCUT2D eigenvalue weighted by Gasteiger charge is 2.27. The normalized spacial score (nSPS) is 17.5. The molecule has 2 saturated carbocycles. The fourth-order valence-corrected chi connectivity index (χ4v) is 3.18. The van der Waals surface area contributed by atoms with Crippen LogP contribution >= 0.6 is 11.3 Å². The Morgan fingerprint density at radius 2 is 2.05 bits per heavy atom. The maximum Gasteiger partial charge on any atom is 0.270 e. The molecule has 22 heavy (non-hydrogen) atoms. The summed E-state index contributed by atoms with van der Waals surface area (Å²) >= 11 is 1.56. The monoisotopic (exact) mass is 316 g/mol. The van der Waals surface area contributed by atoms with Crippen molar-refractivity contribution in [3.05, 3.63) is 44.0 Å². The first-order valence-corrected chi connectivity index (χ1v) is 8.41. The van der Waals surface area contributed by atoms with Gasteiger partial charge < -0.3 is 10.3 Å². The number of hydrogen-bond acceptors (Lipinski definition) is 5. The smallest absolute Gasteiger partial charge is 0.270 e. The van der Waals surface area contributed by atoms with Crippen molar-refractivity contribution < 1.29 is 4.79 Å². The van der Waals surface area contributed by atoms with E-state index in [2.05, 4.69) is 25.6 Å². The van der Waals surface area contributed by atoms with Gasteiger partial charge in [-0.2, -0.15) is 0 Å². The largest absolute Gasteiger partial charge is 0.344 e. The van der Waals surface area contributed by atoms with E-state index in [1.54, 1.807) is 11.3 Å². The average Bonchev–Trinajstić information content (AvgIpc) is 3.42. The zero-order chi connectivity index (χ0) is 15.1. The highest BCUT2D eigenvalue weighted by molar-refractivity contribution is 7.09. The quantitative estimate of drug-likeness (QED) is 0.882. The number of carbonyl (C=O) groups excluding carboxylic acids is 1. The minimum absolute atomic E-state index is 0.185. The number of carbonyl (C=O) groups is 1. The number of rotatable bonds is 5. The van der Waals surface area contributed by atoms with E-state index in [1.165, 1.54) is 18.9 Å². The zero-order valence-corrected chi connectivity index (χ0v) is 12.8. The number of aromatic nitrogens is 3. The van der Waals surface area contributed by atoms with Crippen LogP contribution < -0.4 is 10.9 Å². The lowest BCUT2D eigenvalue weighted by atomic mass is 10.3. The van der Waals surface area contributed by atoms with Crippen LogP contribution in [-0.2, 0) is 6.54 Å². The molecule has 7 heteroatoms. The number of nitrogens with zero attached hydrogens (tertiary/aromatic N) is 2. The Balaban J connectivity index is 1.43. The van der Waals surface area contributed by atoms with Gasteiger partial charge in [0.25, 0.3) is 11.5 Å². The molecule has 2 fully saturated rings. The van der Waals surface area contributed by atoms with Crippen molar-refractivity contribution in [2.75, 3.05) is 0 Å². The topological polar surface area (TPSA) is 87.7 Å². The Labute approximate surface area is 131 Å². The fourth-order valence-electron chi connectivity index (χ4n) is 2.36. The molecule has 2 aliphatic carbocycles. The second-order valence-corrected chi connectivity index (χ2v) is 6.86. The lowest BCUT2D eigenvalue weighted by Crippen LogP contribution is -2.26. The molecule has 2 N–H and O–H groups in total. The number of nitrogens with one attached hydrogen (secondary N) is 2. The molecule has 2 aromatic heterocycles. The van der Waals surface area contributed by atoms with Crippen molar-refractivity contribution in [2.24, 2.45) is 0 Å². The molecular formula is C15H16N4O2S. The molecule has 0 saturated heterocycles. The third kappa shape index (κ3) is 2.94. The Hall–Kier alpha value is -2.02. The van der Waals surface area contributed by atoms with E-state index in [0.29, 0.717) is 24.2 Å². The molecule has 1 amide bonds. The molecule has 2 heterocycles. The molecule has 0 spiro atoms. The minimum Gasteiger partial charge on any atom is -0.344 e. The molecule has 0 bridgehead atoms. The van der Waals surface area contributed by atoms with E-state index in [4.69, 9.17) is 0 Å². The van der Waals surface area contributed by atoms with Crippen molar-refractivity contribution in [3.63, 3.8) is 0 Å². The Bertz CT molecular complexity index is 774. The molecule has 0 atom stereocenters. The zero-order valence-electron chi connectivity index (χ0n) is 12.0. The van der Waals surface area contributed by atoms with Gasteiger partial charge in [-0.15, -0.1) is 11.3 Å². The summed E-state index contributed by atoms with van der Waals surface area (Å²) in [5.41, 5.74) is 1.05. The SMILES string of the molecule is O=C(NCc1nc(C2CC2)cs1)c1cc(=O)[nH]c(C2CC2)n1. The molecule has 2 aliphatic rings. The van der Waals surface area contributed by atoms with E-state index < -0.39 is 0 Å². The van der Waals surface area contributed by atoms with Crippen LogP contribution in [0.3, 0.4) is 0 Å². The molecule has 6 nitrogen and oxygen atoms in total. The van der Waals surface area contributed by atoms with Crippen LogP contribution in [0.15, 0.2) is 16.2 Å². The molecule has 0 aliphatic heterocycles. The van der Waals surface area contributed by atoms with Crippen molar-refractivity contribution >= 4 is 17.2 Å². The van der Waals surface area contributed by atoms with Gasteiger partial charge in [-0.1, -0.05) is 0 Å². The number of hydrogen-bond donors (Lipinski definition) is 2. The summed E-state index contributed by atoms with van der Waals surface area (Å²) < 4.78 is 0. The second-order valence-electron chi connectivity index (χ2n) is 5.91. The van der Waals surface area contributed by atoms with Crippen LogP contribution in [0.4, 0.5) is 0 Å². The van der Waals surface area contributed by atoms with Crippen LogP contribution in [0.25, 0.3) is 0 Å². The van der Waals surface area contributed by atoms with Gasteiger partial charge in [0.05, 0.1) is 12.2 Å². The molecule has 2 aromatic rings. The van der Waals surface area contributed by atoms with E-state index in [0.717, 1.165) is 23.5 Å². The summed E-state index contributed by atoms with van der Waals surface area (Å²) in [6.07, 6.45) is 4.49. The fraction of sp³-hybridized carbons (Fsp3) is 0.467. The third-order valence-corrected chi connectivity index (χ3v) is 4.79. The van der Waals surface area contributed by atoms with Gasteiger partial charge in [0.15, 0.2) is 0 Å². The van der Waals surface area contributed by atoms with Gasteiger partial charge >= 0.3 is 0 Å². The summed E-state index contributed by atoms with van der Waals surface area (Å²) in [5.74, 6) is 1.23.